The molecule has 1 saturated carbocycles. The molecule has 1 aliphatic rings. The Balaban J connectivity index is 1.67. The quantitative estimate of drug-likeness (QED) is 0.669. The van der Waals surface area contributed by atoms with Gasteiger partial charge in [-0.25, -0.2) is 4.98 Å². The van der Waals surface area contributed by atoms with E-state index in [2.05, 4.69) is 15.6 Å². The van der Waals surface area contributed by atoms with Gasteiger partial charge >= 0.3 is 0 Å². The van der Waals surface area contributed by atoms with E-state index in [1.54, 1.807) is 0 Å². The molecular weight excluding hydrogens is 326 g/mol. The van der Waals surface area contributed by atoms with Crippen molar-refractivity contribution in [3.63, 3.8) is 0 Å². The first-order chi connectivity index (χ1) is 11.5. The van der Waals surface area contributed by atoms with Crippen LogP contribution in [0.25, 0.3) is 0 Å². The summed E-state index contributed by atoms with van der Waals surface area (Å²) in [5.74, 6) is 0.121. The summed E-state index contributed by atoms with van der Waals surface area (Å²) in [5, 5.41) is 8.13. The molecule has 1 aromatic heterocycles. The minimum atomic E-state index is -0.0569. The van der Waals surface area contributed by atoms with Crippen molar-refractivity contribution in [3.05, 3.63) is 11.1 Å². The number of rotatable bonds is 9. The van der Waals surface area contributed by atoms with E-state index in [4.69, 9.17) is 4.74 Å². The number of carbonyl (C=O) groups excluding carboxylic acids is 2. The Labute approximate surface area is 147 Å². The molecule has 7 heteroatoms. The van der Waals surface area contributed by atoms with Gasteiger partial charge in [0.2, 0.25) is 11.8 Å². The number of carbonyl (C=O) groups is 2. The lowest BCUT2D eigenvalue weighted by Gasteiger charge is -2.08. The van der Waals surface area contributed by atoms with E-state index in [0.29, 0.717) is 24.0 Å². The summed E-state index contributed by atoms with van der Waals surface area (Å²) >= 11 is 1.37. The molecule has 2 rings (SSSR count). The fourth-order valence-corrected chi connectivity index (χ4v) is 3.40. The van der Waals surface area contributed by atoms with Gasteiger partial charge in [0.25, 0.3) is 0 Å². The summed E-state index contributed by atoms with van der Waals surface area (Å²) in [6, 6.07) is 0. The molecule has 2 amide bonds. The van der Waals surface area contributed by atoms with E-state index >= 15 is 0 Å². The first-order valence-corrected chi connectivity index (χ1v) is 9.56. The zero-order chi connectivity index (χ0) is 17.4. The third kappa shape index (κ3) is 6.57. The lowest BCUT2D eigenvalue weighted by Crippen LogP contribution is -2.27. The predicted molar refractivity (Wildman–Crippen MR) is 95.1 cm³/mol. The van der Waals surface area contributed by atoms with E-state index in [1.165, 1.54) is 11.3 Å². The Morgan fingerprint density at radius 3 is 2.83 bits per heavy atom. The molecule has 24 heavy (non-hydrogen) atoms. The summed E-state index contributed by atoms with van der Waals surface area (Å²) in [6.07, 6.45) is 5.44. The van der Waals surface area contributed by atoms with Crippen LogP contribution in [-0.4, -0.2) is 36.1 Å². The molecule has 0 spiro atoms. The average molecular weight is 353 g/mol. The summed E-state index contributed by atoms with van der Waals surface area (Å²) in [7, 11) is 0. The minimum absolute atomic E-state index is 0.0569. The van der Waals surface area contributed by atoms with Crippen LogP contribution >= 0.6 is 11.3 Å². The van der Waals surface area contributed by atoms with Gasteiger partial charge in [0.05, 0.1) is 18.2 Å². The first kappa shape index (κ1) is 18.9. The van der Waals surface area contributed by atoms with E-state index in [0.717, 1.165) is 32.1 Å². The first-order valence-electron chi connectivity index (χ1n) is 8.68. The van der Waals surface area contributed by atoms with Crippen LogP contribution < -0.4 is 10.6 Å². The van der Waals surface area contributed by atoms with Gasteiger partial charge in [-0.15, -0.1) is 11.3 Å². The van der Waals surface area contributed by atoms with Gasteiger partial charge in [0.15, 0.2) is 5.13 Å². The molecule has 1 fully saturated rings. The Kier molecular flexibility index (Phi) is 7.65. The number of nitrogens with zero attached hydrogens (tertiary/aromatic N) is 1. The third-order valence-electron chi connectivity index (χ3n) is 3.94. The second-order valence-corrected chi connectivity index (χ2v) is 7.27. The highest BCUT2D eigenvalue weighted by atomic mass is 32.1. The van der Waals surface area contributed by atoms with Crippen LogP contribution in [0.5, 0.6) is 0 Å². The normalized spacial score (nSPS) is 15.0. The van der Waals surface area contributed by atoms with Crippen molar-refractivity contribution in [1.82, 2.24) is 10.3 Å². The van der Waals surface area contributed by atoms with Crippen molar-refractivity contribution >= 4 is 28.3 Å². The zero-order valence-corrected chi connectivity index (χ0v) is 15.3. The topological polar surface area (TPSA) is 80.3 Å². The highest BCUT2D eigenvalue weighted by Crippen LogP contribution is 2.26. The Morgan fingerprint density at radius 2 is 2.12 bits per heavy atom. The van der Waals surface area contributed by atoms with Gasteiger partial charge in [-0.05, 0) is 33.1 Å². The van der Waals surface area contributed by atoms with Crippen LogP contribution in [0.3, 0.4) is 0 Å². The lowest BCUT2D eigenvalue weighted by molar-refractivity contribution is -0.120. The summed E-state index contributed by atoms with van der Waals surface area (Å²) in [4.78, 5) is 28.3. The second-order valence-electron chi connectivity index (χ2n) is 6.41. The largest absolute Gasteiger partial charge is 0.379 e. The number of thiazole rings is 1. The molecule has 2 N–H and O–H groups in total. The molecule has 134 valence electrons. The average Bonchev–Trinajstić information content (AvgIpc) is 3.18. The van der Waals surface area contributed by atoms with Crippen molar-refractivity contribution in [2.45, 2.75) is 58.5 Å². The standard InChI is InChI=1S/C17H27N3O3S/c1-12(2)23-9-5-8-18-15(21)10-14-11-24-17(19-14)20-16(22)13-6-3-4-7-13/h11-13H,3-10H2,1-2H3,(H,18,21)(H,19,20,22). The van der Waals surface area contributed by atoms with E-state index in [9.17, 15) is 9.59 Å². The number of aromatic nitrogens is 1. The number of amides is 2. The van der Waals surface area contributed by atoms with E-state index in [-0.39, 0.29) is 30.3 Å². The number of anilines is 1. The number of hydrogen-bond donors (Lipinski definition) is 2. The summed E-state index contributed by atoms with van der Waals surface area (Å²) in [6.45, 7) is 5.22. The maximum absolute atomic E-state index is 12.1. The van der Waals surface area contributed by atoms with Crippen molar-refractivity contribution in [2.75, 3.05) is 18.5 Å². The molecule has 0 aromatic carbocycles. The molecule has 1 aliphatic carbocycles. The molecule has 0 unspecified atom stereocenters. The van der Waals surface area contributed by atoms with Crippen LogP contribution in [0.2, 0.25) is 0 Å². The third-order valence-corrected chi connectivity index (χ3v) is 4.75. The Morgan fingerprint density at radius 1 is 1.38 bits per heavy atom. The smallest absolute Gasteiger partial charge is 0.229 e. The highest BCUT2D eigenvalue weighted by molar-refractivity contribution is 7.13. The molecule has 1 heterocycles. The van der Waals surface area contributed by atoms with Crippen molar-refractivity contribution < 1.29 is 14.3 Å². The van der Waals surface area contributed by atoms with Crippen molar-refractivity contribution in [1.29, 1.82) is 0 Å². The van der Waals surface area contributed by atoms with Crippen LogP contribution in [0, 0.1) is 5.92 Å². The molecule has 0 saturated heterocycles. The van der Waals surface area contributed by atoms with E-state index in [1.807, 2.05) is 19.2 Å². The SMILES string of the molecule is CC(C)OCCCNC(=O)Cc1csc(NC(=O)C2CCCC2)n1. The molecule has 0 atom stereocenters. The van der Waals surface area contributed by atoms with Gasteiger partial charge in [-0.2, -0.15) is 0 Å². The van der Waals surface area contributed by atoms with Crippen LogP contribution in [0.4, 0.5) is 5.13 Å². The fraction of sp³-hybridized carbons (Fsp3) is 0.706. The molecule has 0 aliphatic heterocycles. The molecular formula is C17H27N3O3S. The van der Waals surface area contributed by atoms with Crippen LogP contribution in [-0.2, 0) is 20.7 Å². The van der Waals surface area contributed by atoms with Gasteiger partial charge in [-0.1, -0.05) is 12.8 Å². The Bertz CT molecular complexity index is 539. The summed E-state index contributed by atoms with van der Waals surface area (Å²) in [5.41, 5.74) is 0.692. The lowest BCUT2D eigenvalue weighted by atomic mass is 10.1. The summed E-state index contributed by atoms with van der Waals surface area (Å²) < 4.78 is 5.42. The second kappa shape index (κ2) is 9.74. The number of ether oxygens (including phenoxy) is 1. The van der Waals surface area contributed by atoms with Gasteiger partial charge in [0, 0.05) is 24.4 Å². The monoisotopic (exact) mass is 353 g/mol. The molecule has 1 aromatic rings. The maximum atomic E-state index is 12.1. The van der Waals surface area contributed by atoms with Gasteiger partial charge < -0.3 is 15.4 Å². The fourth-order valence-electron chi connectivity index (χ4n) is 2.69. The van der Waals surface area contributed by atoms with Gasteiger partial charge in [-0.3, -0.25) is 9.59 Å². The molecule has 6 nitrogen and oxygen atoms in total. The predicted octanol–water partition coefficient (Wildman–Crippen LogP) is 2.75. The van der Waals surface area contributed by atoms with Crippen molar-refractivity contribution in [3.8, 4) is 0 Å². The minimum Gasteiger partial charge on any atom is -0.379 e. The van der Waals surface area contributed by atoms with Crippen LogP contribution in [0.15, 0.2) is 5.38 Å². The molecule has 0 bridgehead atoms. The number of nitrogens with one attached hydrogen (secondary N) is 2. The zero-order valence-electron chi connectivity index (χ0n) is 14.5. The maximum Gasteiger partial charge on any atom is 0.229 e. The van der Waals surface area contributed by atoms with E-state index < -0.39 is 0 Å². The molecule has 0 radical (unpaired) electrons. The van der Waals surface area contributed by atoms with Crippen molar-refractivity contribution in [2.24, 2.45) is 5.92 Å². The highest BCUT2D eigenvalue weighted by Gasteiger charge is 2.23. The Hall–Kier alpha value is -1.47. The number of hydrogen-bond acceptors (Lipinski definition) is 5. The van der Waals surface area contributed by atoms with Crippen LogP contribution in [0.1, 0.15) is 51.6 Å². The van der Waals surface area contributed by atoms with Gasteiger partial charge in [0.1, 0.15) is 0 Å².